The number of hydrogen-bond acceptors (Lipinski definition) is 3. The van der Waals surface area contributed by atoms with Crippen LogP contribution in [0.25, 0.3) is 22.2 Å². The number of para-hydroxylation sites is 1. The monoisotopic (exact) mass is 345 g/mol. The molecule has 0 saturated carbocycles. The zero-order valence-corrected chi connectivity index (χ0v) is 15.2. The van der Waals surface area contributed by atoms with Crippen LogP contribution in [-0.4, -0.2) is 35.3 Å². The molecule has 1 atom stereocenters. The van der Waals surface area contributed by atoms with Crippen LogP contribution in [0.2, 0.25) is 0 Å². The first kappa shape index (κ1) is 17.9. The quantitative estimate of drug-likeness (QED) is 0.641. The number of benzene rings is 2. The number of aromatic amines is 1. The van der Waals surface area contributed by atoms with Crippen LogP contribution < -0.4 is 0 Å². The van der Waals surface area contributed by atoms with Gasteiger partial charge in [0.1, 0.15) is 0 Å². The van der Waals surface area contributed by atoms with Gasteiger partial charge in [0, 0.05) is 17.4 Å². The Bertz CT molecular complexity index is 937. The van der Waals surface area contributed by atoms with Crippen molar-refractivity contribution in [3.8, 4) is 17.3 Å². The number of nitrogens with zero attached hydrogens (tertiary/aromatic N) is 2. The van der Waals surface area contributed by atoms with E-state index in [0.717, 1.165) is 34.3 Å². The minimum Gasteiger partial charge on any atom is -0.354 e. The molecule has 1 heterocycles. The van der Waals surface area contributed by atoms with Crippen molar-refractivity contribution >= 4 is 16.7 Å². The molecule has 4 nitrogen and oxygen atoms in total. The Labute approximate surface area is 154 Å². The predicted octanol–water partition coefficient (Wildman–Crippen LogP) is 4.50. The summed E-state index contributed by atoms with van der Waals surface area (Å²) in [6, 6.07) is 20.1. The number of fused-ring (bicyclic) bond motifs is 1. The van der Waals surface area contributed by atoms with E-state index in [0.29, 0.717) is 13.1 Å². The Morgan fingerprint density at radius 3 is 2.54 bits per heavy atom. The molecule has 0 saturated heterocycles. The van der Waals surface area contributed by atoms with Gasteiger partial charge >= 0.3 is 0 Å². The number of carbonyl (C=O) groups excluding carboxylic acids is 1. The zero-order valence-electron chi connectivity index (χ0n) is 15.2. The molecule has 3 aromatic rings. The normalized spacial score (nSPS) is 12.2. The van der Waals surface area contributed by atoms with E-state index in [1.165, 1.54) is 0 Å². The number of nitriles is 1. The number of H-pyrrole nitrogens is 1. The van der Waals surface area contributed by atoms with Gasteiger partial charge in [-0.2, -0.15) is 5.26 Å². The Morgan fingerprint density at radius 2 is 1.85 bits per heavy atom. The first-order valence-electron chi connectivity index (χ1n) is 8.95. The lowest BCUT2D eigenvalue weighted by molar-refractivity contribution is 0.0931. The van der Waals surface area contributed by atoms with Gasteiger partial charge in [0.2, 0.25) is 0 Å². The van der Waals surface area contributed by atoms with Crippen molar-refractivity contribution in [1.29, 1.82) is 5.26 Å². The number of rotatable bonds is 7. The minimum absolute atomic E-state index is 0.0771. The van der Waals surface area contributed by atoms with Gasteiger partial charge in [0.05, 0.1) is 29.8 Å². The number of carbonyl (C=O) groups is 1. The summed E-state index contributed by atoms with van der Waals surface area (Å²) in [6.45, 7) is 5.55. The van der Waals surface area contributed by atoms with E-state index in [1.54, 1.807) is 0 Å². The summed E-state index contributed by atoms with van der Waals surface area (Å²) >= 11 is 0. The Morgan fingerprint density at radius 1 is 1.15 bits per heavy atom. The van der Waals surface area contributed by atoms with E-state index < -0.39 is 0 Å². The highest BCUT2D eigenvalue weighted by Gasteiger charge is 2.21. The van der Waals surface area contributed by atoms with Crippen molar-refractivity contribution < 1.29 is 4.79 Å². The van der Waals surface area contributed by atoms with E-state index in [4.69, 9.17) is 5.26 Å². The van der Waals surface area contributed by atoms with Crippen LogP contribution in [0, 0.1) is 17.2 Å². The third kappa shape index (κ3) is 3.68. The Balaban J connectivity index is 2.00. The van der Waals surface area contributed by atoms with Gasteiger partial charge in [-0.3, -0.25) is 9.69 Å². The van der Waals surface area contributed by atoms with Gasteiger partial charge in [-0.25, -0.2) is 0 Å². The molecule has 0 aliphatic carbocycles. The summed E-state index contributed by atoms with van der Waals surface area (Å²) in [7, 11) is 0. The SMILES string of the molecule is CCN(CC(=O)c1c(-c2ccccc2)[nH]c2ccccc12)CC(C)C#N. The molecule has 1 unspecified atom stereocenters. The molecular weight excluding hydrogens is 322 g/mol. The molecule has 1 aromatic heterocycles. The fourth-order valence-electron chi connectivity index (χ4n) is 3.27. The Kier molecular flexibility index (Phi) is 5.50. The summed E-state index contributed by atoms with van der Waals surface area (Å²) in [4.78, 5) is 18.7. The van der Waals surface area contributed by atoms with Crippen LogP contribution in [0.4, 0.5) is 0 Å². The number of ketones is 1. The van der Waals surface area contributed by atoms with Crippen molar-refractivity contribution in [3.05, 3.63) is 60.2 Å². The highest BCUT2D eigenvalue weighted by Crippen LogP contribution is 2.30. The number of Topliss-reactive ketones (excluding diaryl/α,β-unsaturated/α-hetero) is 1. The molecular formula is C22H23N3O. The maximum absolute atomic E-state index is 13.2. The van der Waals surface area contributed by atoms with Crippen LogP contribution >= 0.6 is 0 Å². The number of aromatic nitrogens is 1. The Hall–Kier alpha value is -2.90. The second-order valence-electron chi connectivity index (χ2n) is 6.57. The molecule has 26 heavy (non-hydrogen) atoms. The molecule has 132 valence electrons. The summed E-state index contributed by atoms with van der Waals surface area (Å²) in [6.07, 6.45) is 0. The molecule has 0 spiro atoms. The van der Waals surface area contributed by atoms with Gasteiger partial charge in [-0.15, -0.1) is 0 Å². The predicted molar refractivity (Wildman–Crippen MR) is 105 cm³/mol. The molecule has 1 N–H and O–H groups in total. The van der Waals surface area contributed by atoms with Crippen molar-refractivity contribution in [2.24, 2.45) is 5.92 Å². The summed E-state index contributed by atoms with van der Waals surface area (Å²) in [5, 5.41) is 10.0. The maximum atomic E-state index is 13.2. The highest BCUT2D eigenvalue weighted by atomic mass is 16.1. The van der Waals surface area contributed by atoms with E-state index in [9.17, 15) is 4.79 Å². The van der Waals surface area contributed by atoms with Crippen molar-refractivity contribution in [2.45, 2.75) is 13.8 Å². The van der Waals surface area contributed by atoms with E-state index >= 15 is 0 Å². The van der Waals surface area contributed by atoms with Crippen LogP contribution in [0.1, 0.15) is 24.2 Å². The summed E-state index contributed by atoms with van der Waals surface area (Å²) < 4.78 is 0. The van der Waals surface area contributed by atoms with Gasteiger partial charge in [0.15, 0.2) is 5.78 Å². The second kappa shape index (κ2) is 7.99. The van der Waals surface area contributed by atoms with Gasteiger partial charge in [-0.05, 0) is 25.1 Å². The molecule has 2 aromatic carbocycles. The highest BCUT2D eigenvalue weighted by molar-refractivity contribution is 6.14. The average Bonchev–Trinajstić information content (AvgIpc) is 3.07. The van der Waals surface area contributed by atoms with Gasteiger partial charge in [0.25, 0.3) is 0 Å². The largest absolute Gasteiger partial charge is 0.354 e. The van der Waals surface area contributed by atoms with Gasteiger partial charge in [-0.1, -0.05) is 55.5 Å². The van der Waals surface area contributed by atoms with Crippen LogP contribution in [-0.2, 0) is 0 Å². The van der Waals surface area contributed by atoms with Crippen LogP contribution in [0.3, 0.4) is 0 Å². The fourth-order valence-corrected chi connectivity index (χ4v) is 3.27. The summed E-state index contributed by atoms with van der Waals surface area (Å²) in [5.74, 6) is -0.0207. The smallest absolute Gasteiger partial charge is 0.179 e. The second-order valence-corrected chi connectivity index (χ2v) is 6.57. The zero-order chi connectivity index (χ0) is 18.5. The standard InChI is InChI=1S/C22H23N3O/c1-3-25(14-16(2)13-23)15-20(26)21-18-11-7-8-12-19(18)24-22(21)17-9-5-4-6-10-17/h4-12,16,24H,3,14-15H2,1-2H3. The number of likely N-dealkylation sites (N-methyl/N-ethyl adjacent to an activating group) is 1. The number of hydrogen-bond donors (Lipinski definition) is 1. The third-order valence-electron chi connectivity index (χ3n) is 4.61. The van der Waals surface area contributed by atoms with E-state index in [1.807, 2.05) is 73.3 Å². The fraction of sp³-hybridized carbons (Fsp3) is 0.273. The van der Waals surface area contributed by atoms with E-state index in [-0.39, 0.29) is 11.7 Å². The topological polar surface area (TPSA) is 59.9 Å². The molecule has 0 bridgehead atoms. The maximum Gasteiger partial charge on any atom is 0.179 e. The molecule has 0 amide bonds. The first-order valence-corrected chi connectivity index (χ1v) is 8.95. The number of nitrogens with one attached hydrogen (secondary N) is 1. The summed E-state index contributed by atoms with van der Waals surface area (Å²) in [5.41, 5.74) is 3.56. The lowest BCUT2D eigenvalue weighted by Gasteiger charge is -2.20. The van der Waals surface area contributed by atoms with Crippen molar-refractivity contribution in [1.82, 2.24) is 9.88 Å². The molecule has 0 radical (unpaired) electrons. The molecule has 0 fully saturated rings. The minimum atomic E-state index is -0.0979. The molecule has 0 aliphatic rings. The van der Waals surface area contributed by atoms with E-state index in [2.05, 4.69) is 11.1 Å². The molecule has 4 heteroatoms. The van der Waals surface area contributed by atoms with Gasteiger partial charge < -0.3 is 4.98 Å². The van der Waals surface area contributed by atoms with Crippen LogP contribution in [0.15, 0.2) is 54.6 Å². The third-order valence-corrected chi connectivity index (χ3v) is 4.61. The lowest BCUT2D eigenvalue weighted by atomic mass is 10.0. The van der Waals surface area contributed by atoms with Crippen molar-refractivity contribution in [3.63, 3.8) is 0 Å². The molecule has 0 aliphatic heterocycles. The lowest BCUT2D eigenvalue weighted by Crippen LogP contribution is -2.33. The first-order chi connectivity index (χ1) is 12.6. The molecule has 3 rings (SSSR count). The van der Waals surface area contributed by atoms with Crippen LogP contribution in [0.5, 0.6) is 0 Å². The van der Waals surface area contributed by atoms with Crippen molar-refractivity contribution in [2.75, 3.05) is 19.6 Å². The average molecular weight is 345 g/mol.